The maximum Gasteiger partial charge on any atom is 0.573 e. The number of hydrogen-bond donors (Lipinski definition) is 0. The number of halogens is 3. The highest BCUT2D eigenvalue weighted by atomic mass is 32.2. The molecule has 21 heavy (non-hydrogen) atoms. The number of rotatable bonds is 5. The van der Waals surface area contributed by atoms with Crippen LogP contribution >= 0.6 is 11.3 Å². The molecule has 1 rings (SSSR count). The van der Waals surface area contributed by atoms with Gasteiger partial charge in [-0.2, -0.15) is 8.42 Å². The van der Waals surface area contributed by atoms with Crippen molar-refractivity contribution < 1.29 is 40.7 Å². The van der Waals surface area contributed by atoms with Crippen LogP contribution in [0.2, 0.25) is 0 Å². The molecule has 0 aliphatic carbocycles. The van der Waals surface area contributed by atoms with E-state index in [1.54, 1.807) is 0 Å². The van der Waals surface area contributed by atoms with E-state index in [1.807, 2.05) is 0 Å². The van der Waals surface area contributed by atoms with E-state index < -0.39 is 37.9 Å². The van der Waals surface area contributed by atoms with Crippen molar-refractivity contribution in [1.29, 1.82) is 0 Å². The number of carbonyl (C=O) groups is 1. The summed E-state index contributed by atoms with van der Waals surface area (Å²) in [5, 5.41) is 0.646. The molecule has 0 fully saturated rings. The van der Waals surface area contributed by atoms with Gasteiger partial charge < -0.3 is 9.47 Å². The highest BCUT2D eigenvalue weighted by molar-refractivity contribution is 7.90. The number of alkyl halides is 3. The first-order valence-electron chi connectivity index (χ1n) is 5.01. The molecule has 0 bridgehead atoms. The van der Waals surface area contributed by atoms with Crippen LogP contribution in [0.5, 0.6) is 5.75 Å². The van der Waals surface area contributed by atoms with Gasteiger partial charge in [0.25, 0.3) is 16.1 Å². The Morgan fingerprint density at radius 2 is 2.10 bits per heavy atom. The van der Waals surface area contributed by atoms with Gasteiger partial charge in [-0.05, 0) is 6.92 Å². The van der Waals surface area contributed by atoms with Gasteiger partial charge in [0.2, 0.25) is 0 Å². The molecule has 12 heteroatoms. The predicted molar refractivity (Wildman–Crippen MR) is 62.3 cm³/mol. The topological polar surface area (TPSA) is 99.1 Å². The normalized spacial score (nSPS) is 11.6. The van der Waals surface area contributed by atoms with Crippen molar-refractivity contribution in [3.8, 4) is 5.75 Å². The summed E-state index contributed by atoms with van der Waals surface area (Å²) in [5.41, 5.74) is 0. The van der Waals surface area contributed by atoms with Crippen LogP contribution in [0.4, 0.5) is 13.2 Å². The number of esters is 1. The molecule has 1 heterocycles. The Balaban J connectivity index is 3.49. The Labute approximate surface area is 120 Å². The van der Waals surface area contributed by atoms with Gasteiger partial charge in [0.1, 0.15) is 4.88 Å². The fraction of sp³-hybridized carbons (Fsp3) is 0.333. The maximum absolute atomic E-state index is 12.2. The number of nitrogens with zero attached hydrogens (tertiary/aromatic N) is 1. The molecule has 0 radical (unpaired) electrons. The lowest BCUT2D eigenvalue weighted by atomic mass is 10.4. The van der Waals surface area contributed by atoms with Crippen LogP contribution in [0.3, 0.4) is 0 Å². The van der Waals surface area contributed by atoms with Gasteiger partial charge in [-0.1, -0.05) is 4.40 Å². The summed E-state index contributed by atoms with van der Waals surface area (Å²) in [4.78, 5) is 19.7. The standard InChI is InChI=1S/C9H6F3NO6S2/c1-2-18-8(15)6-7(21(16,17)13-4-14)5(3-20-6)19-9(10,11)12/h3H,2H2,1H3. The second-order valence-electron chi connectivity index (χ2n) is 3.18. The fourth-order valence-electron chi connectivity index (χ4n) is 1.20. The van der Waals surface area contributed by atoms with Crippen molar-refractivity contribution >= 4 is 33.4 Å². The van der Waals surface area contributed by atoms with Crippen LogP contribution in [-0.2, 0) is 19.6 Å². The third kappa shape index (κ3) is 4.28. The first kappa shape index (κ1) is 17.1. The van der Waals surface area contributed by atoms with E-state index in [9.17, 15) is 31.2 Å². The van der Waals surface area contributed by atoms with E-state index in [2.05, 4.69) is 13.9 Å². The van der Waals surface area contributed by atoms with E-state index in [0.29, 0.717) is 22.8 Å². The zero-order valence-corrected chi connectivity index (χ0v) is 11.8. The molecule has 0 amide bonds. The molecule has 116 valence electrons. The van der Waals surface area contributed by atoms with Crippen LogP contribution < -0.4 is 4.74 Å². The molecule has 0 spiro atoms. The van der Waals surface area contributed by atoms with Gasteiger partial charge in [0.15, 0.2) is 10.6 Å². The van der Waals surface area contributed by atoms with Gasteiger partial charge in [-0.25, -0.2) is 9.59 Å². The average molecular weight is 345 g/mol. The van der Waals surface area contributed by atoms with Gasteiger partial charge in [0.05, 0.1) is 6.61 Å². The number of sulfonamides is 1. The third-order valence-electron chi connectivity index (χ3n) is 1.82. The molecule has 0 atom stereocenters. The summed E-state index contributed by atoms with van der Waals surface area (Å²) in [6.45, 7) is 1.28. The second kappa shape index (κ2) is 6.24. The minimum Gasteiger partial charge on any atom is -0.462 e. The van der Waals surface area contributed by atoms with Gasteiger partial charge in [0, 0.05) is 5.38 Å². The molecule has 0 N–H and O–H groups in total. The zero-order valence-electron chi connectivity index (χ0n) is 10.1. The lowest BCUT2D eigenvalue weighted by Crippen LogP contribution is -2.18. The summed E-state index contributed by atoms with van der Waals surface area (Å²) in [6, 6.07) is 0. The third-order valence-corrected chi connectivity index (χ3v) is 4.12. The number of isocyanates is 1. The number of hydrogen-bond acceptors (Lipinski definition) is 7. The maximum atomic E-state index is 12.2. The first-order valence-corrected chi connectivity index (χ1v) is 7.33. The van der Waals surface area contributed by atoms with Gasteiger partial charge >= 0.3 is 12.3 Å². The summed E-state index contributed by atoms with van der Waals surface area (Å²) in [5.74, 6) is -2.35. The predicted octanol–water partition coefficient (Wildman–Crippen LogP) is 1.85. The molecule has 0 aromatic carbocycles. The highest BCUT2D eigenvalue weighted by Crippen LogP contribution is 2.38. The van der Waals surface area contributed by atoms with Crippen LogP contribution in [0.25, 0.3) is 0 Å². The minimum atomic E-state index is -5.19. The number of thiophene rings is 1. The summed E-state index contributed by atoms with van der Waals surface area (Å²) >= 11 is 0.349. The highest BCUT2D eigenvalue weighted by Gasteiger charge is 2.38. The summed E-state index contributed by atoms with van der Waals surface area (Å²) in [7, 11) is -4.88. The van der Waals surface area contributed by atoms with Gasteiger partial charge in [-0.3, -0.25) is 0 Å². The molecule has 7 nitrogen and oxygen atoms in total. The quantitative estimate of drug-likeness (QED) is 0.459. The molecule has 0 aliphatic heterocycles. The Morgan fingerprint density at radius 1 is 1.48 bits per heavy atom. The van der Waals surface area contributed by atoms with Crippen molar-refractivity contribution in [2.24, 2.45) is 4.40 Å². The van der Waals surface area contributed by atoms with Crippen molar-refractivity contribution in [2.75, 3.05) is 6.61 Å². The lowest BCUT2D eigenvalue weighted by molar-refractivity contribution is -0.275. The smallest absolute Gasteiger partial charge is 0.462 e. The second-order valence-corrected chi connectivity index (χ2v) is 5.60. The van der Waals surface area contributed by atoms with E-state index in [0.717, 1.165) is 0 Å². The Bertz CT molecular complexity index is 687. The van der Waals surface area contributed by atoms with Gasteiger partial charge in [-0.15, -0.1) is 24.5 Å². The summed E-state index contributed by atoms with van der Waals surface area (Å²) < 4.78 is 70.4. The zero-order chi connectivity index (χ0) is 16.3. The van der Waals surface area contributed by atoms with Crippen LogP contribution in [-0.4, -0.2) is 33.4 Å². The molecular formula is C9H6F3NO6S2. The summed E-state index contributed by atoms with van der Waals surface area (Å²) in [6.07, 6.45) is -4.51. The molecule has 0 saturated carbocycles. The average Bonchev–Trinajstić information content (AvgIpc) is 2.71. The van der Waals surface area contributed by atoms with E-state index in [-0.39, 0.29) is 6.61 Å². The SMILES string of the molecule is CCOC(=O)c1scc(OC(F)(F)F)c1S(=O)(=O)N=C=O. The molecule has 0 saturated heterocycles. The molecule has 1 aromatic heterocycles. The van der Waals surface area contributed by atoms with Crippen LogP contribution in [0, 0.1) is 0 Å². The van der Waals surface area contributed by atoms with Crippen molar-refractivity contribution in [1.82, 2.24) is 0 Å². The lowest BCUT2D eigenvalue weighted by Gasteiger charge is -2.09. The van der Waals surface area contributed by atoms with Crippen LogP contribution in [0.15, 0.2) is 14.7 Å². The minimum absolute atomic E-state index is 0.136. The monoisotopic (exact) mass is 345 g/mol. The van der Waals surface area contributed by atoms with E-state index >= 15 is 0 Å². The van der Waals surface area contributed by atoms with Crippen LogP contribution in [0.1, 0.15) is 16.6 Å². The Morgan fingerprint density at radius 3 is 2.57 bits per heavy atom. The van der Waals surface area contributed by atoms with Crippen molar-refractivity contribution in [2.45, 2.75) is 18.2 Å². The van der Waals surface area contributed by atoms with E-state index in [1.165, 1.54) is 6.92 Å². The Hall–Kier alpha value is -1.91. The molecule has 0 unspecified atom stereocenters. The first-order chi connectivity index (χ1) is 9.62. The largest absolute Gasteiger partial charge is 0.573 e. The molecule has 1 aromatic rings. The Kier molecular flexibility index (Phi) is 5.10. The number of carbonyl (C=O) groups excluding carboxylic acids is 2. The fourth-order valence-corrected chi connectivity index (χ4v) is 3.35. The van der Waals surface area contributed by atoms with Crippen molar-refractivity contribution in [3.05, 3.63) is 10.3 Å². The van der Waals surface area contributed by atoms with E-state index in [4.69, 9.17) is 0 Å². The van der Waals surface area contributed by atoms with Crippen molar-refractivity contribution in [3.63, 3.8) is 0 Å². The molecule has 0 aliphatic rings. The molecular weight excluding hydrogens is 339 g/mol. The number of ether oxygens (including phenoxy) is 2.